The third-order valence-electron chi connectivity index (χ3n) is 6.95. The highest BCUT2D eigenvalue weighted by atomic mass is 79.9. The summed E-state index contributed by atoms with van der Waals surface area (Å²) in [5, 5.41) is 3.19. The first kappa shape index (κ1) is 33.5. The van der Waals surface area contributed by atoms with Gasteiger partial charge in [0.05, 0.1) is 15.6 Å². The van der Waals surface area contributed by atoms with Gasteiger partial charge in [0.25, 0.3) is 10.0 Å². The second-order valence-electron chi connectivity index (χ2n) is 10.2. The van der Waals surface area contributed by atoms with Gasteiger partial charge in [0.15, 0.2) is 0 Å². The first-order valence-corrected chi connectivity index (χ1v) is 16.9. The van der Waals surface area contributed by atoms with Gasteiger partial charge in [-0.25, -0.2) is 8.42 Å². The first-order chi connectivity index (χ1) is 21.0. The van der Waals surface area contributed by atoms with E-state index in [1.165, 1.54) is 35.2 Å². The summed E-state index contributed by atoms with van der Waals surface area (Å²) < 4.78 is 30.1. The predicted octanol–water partition coefficient (Wildman–Crippen LogP) is 7.04. The number of nitrogens with zero attached hydrogens (tertiary/aromatic N) is 2. The third-order valence-corrected chi connectivity index (χ3v) is 9.81. The molecule has 4 rings (SSSR count). The molecule has 0 radical (unpaired) electrons. The van der Waals surface area contributed by atoms with Crippen LogP contribution in [0.3, 0.4) is 0 Å². The number of carbonyl (C=O) groups excluding carboxylic acids is 2. The topological polar surface area (TPSA) is 86.8 Å². The zero-order chi connectivity index (χ0) is 31.9. The van der Waals surface area contributed by atoms with Crippen LogP contribution >= 0.6 is 39.1 Å². The molecule has 0 aliphatic carbocycles. The number of rotatable bonds is 12. The second-order valence-corrected chi connectivity index (χ2v) is 13.8. The standard InChI is InChI=1S/C33H32BrCl2N3O4S/c1-3-37-33(41)31(19-24-7-5-4-6-8-24)38(21-25-11-13-26(34)14-12-25)32(40)22-39(30-20-27(35)15-18-29(30)36)44(42,43)28-16-9-23(2)10-17-28/h4-18,20,31H,3,19,21-22H2,1-2H3,(H,37,41). The van der Waals surface area contributed by atoms with Crippen molar-refractivity contribution in [2.75, 3.05) is 17.4 Å². The lowest BCUT2D eigenvalue weighted by atomic mass is 10.0. The van der Waals surface area contributed by atoms with E-state index >= 15 is 0 Å². The minimum absolute atomic E-state index is 0.0176. The Kier molecular flexibility index (Phi) is 11.5. The summed E-state index contributed by atoms with van der Waals surface area (Å²) in [7, 11) is -4.30. The molecule has 0 fully saturated rings. The smallest absolute Gasteiger partial charge is 0.264 e. The highest BCUT2D eigenvalue weighted by Gasteiger charge is 2.35. The Morgan fingerprint density at radius 1 is 0.886 bits per heavy atom. The van der Waals surface area contributed by atoms with Crippen LogP contribution < -0.4 is 9.62 Å². The number of aryl methyl sites for hydroxylation is 1. The fourth-order valence-electron chi connectivity index (χ4n) is 4.66. The van der Waals surface area contributed by atoms with E-state index in [-0.39, 0.29) is 39.5 Å². The second kappa shape index (κ2) is 15.1. The van der Waals surface area contributed by atoms with Crippen molar-refractivity contribution < 1.29 is 18.0 Å². The zero-order valence-electron chi connectivity index (χ0n) is 24.2. The number of nitrogens with one attached hydrogen (secondary N) is 1. The van der Waals surface area contributed by atoms with Crippen molar-refractivity contribution in [3.05, 3.63) is 128 Å². The summed E-state index contributed by atoms with van der Waals surface area (Å²) in [6.07, 6.45) is 0.220. The molecular weight excluding hydrogens is 685 g/mol. The molecule has 0 aliphatic rings. The number of hydrogen-bond donors (Lipinski definition) is 1. The Morgan fingerprint density at radius 2 is 1.55 bits per heavy atom. The SMILES string of the molecule is CCNC(=O)C(Cc1ccccc1)N(Cc1ccc(Br)cc1)C(=O)CN(c1cc(Cl)ccc1Cl)S(=O)(=O)c1ccc(C)cc1. The van der Waals surface area contributed by atoms with E-state index in [1.54, 1.807) is 19.1 Å². The maximum atomic E-state index is 14.4. The van der Waals surface area contributed by atoms with Gasteiger partial charge in [0.1, 0.15) is 12.6 Å². The summed E-state index contributed by atoms with van der Waals surface area (Å²) in [5.41, 5.74) is 2.53. The molecule has 4 aromatic rings. The van der Waals surface area contributed by atoms with Crippen molar-refractivity contribution in [3.63, 3.8) is 0 Å². The summed E-state index contributed by atoms with van der Waals surface area (Å²) in [5.74, 6) is -0.942. The molecule has 0 spiro atoms. The van der Waals surface area contributed by atoms with Crippen LogP contribution in [0.1, 0.15) is 23.6 Å². The lowest BCUT2D eigenvalue weighted by Gasteiger charge is -2.34. The van der Waals surface area contributed by atoms with Crippen molar-refractivity contribution in [3.8, 4) is 0 Å². The highest BCUT2D eigenvalue weighted by Crippen LogP contribution is 2.33. The van der Waals surface area contributed by atoms with E-state index < -0.39 is 28.5 Å². The molecule has 0 saturated heterocycles. The molecule has 44 heavy (non-hydrogen) atoms. The van der Waals surface area contributed by atoms with Crippen LogP contribution in [0.2, 0.25) is 10.0 Å². The number of hydrogen-bond acceptors (Lipinski definition) is 4. The van der Waals surface area contributed by atoms with Crippen LogP contribution in [0.4, 0.5) is 5.69 Å². The quantitative estimate of drug-likeness (QED) is 0.171. The molecular formula is C33H32BrCl2N3O4S. The maximum Gasteiger partial charge on any atom is 0.264 e. The van der Waals surface area contributed by atoms with E-state index in [2.05, 4.69) is 21.2 Å². The van der Waals surface area contributed by atoms with Gasteiger partial charge in [0, 0.05) is 29.0 Å². The van der Waals surface area contributed by atoms with Crippen LogP contribution in [0, 0.1) is 6.92 Å². The lowest BCUT2D eigenvalue weighted by molar-refractivity contribution is -0.140. The van der Waals surface area contributed by atoms with Crippen molar-refractivity contribution in [2.45, 2.75) is 37.8 Å². The lowest BCUT2D eigenvalue weighted by Crippen LogP contribution is -2.53. The van der Waals surface area contributed by atoms with E-state index in [0.29, 0.717) is 6.54 Å². The zero-order valence-corrected chi connectivity index (χ0v) is 28.1. The van der Waals surface area contributed by atoms with E-state index in [9.17, 15) is 18.0 Å². The van der Waals surface area contributed by atoms with E-state index in [1.807, 2.05) is 61.5 Å². The molecule has 2 amide bonds. The van der Waals surface area contributed by atoms with Gasteiger partial charge < -0.3 is 10.2 Å². The van der Waals surface area contributed by atoms with Crippen LogP contribution in [-0.2, 0) is 32.6 Å². The first-order valence-electron chi connectivity index (χ1n) is 13.9. The van der Waals surface area contributed by atoms with Crippen molar-refractivity contribution in [1.29, 1.82) is 0 Å². The largest absolute Gasteiger partial charge is 0.355 e. The molecule has 1 unspecified atom stereocenters. The Morgan fingerprint density at radius 3 is 2.18 bits per heavy atom. The average Bonchev–Trinajstić information content (AvgIpc) is 3.00. The Bertz CT molecular complexity index is 1700. The molecule has 0 heterocycles. The third kappa shape index (κ3) is 8.41. The van der Waals surface area contributed by atoms with Gasteiger partial charge in [-0.05, 0) is 67.4 Å². The maximum absolute atomic E-state index is 14.4. The Balaban J connectivity index is 1.82. The molecule has 0 saturated carbocycles. The number of benzene rings is 4. The van der Waals surface area contributed by atoms with Crippen molar-refractivity contribution >= 4 is 66.7 Å². The van der Waals surface area contributed by atoms with Gasteiger partial charge in [-0.15, -0.1) is 0 Å². The van der Waals surface area contributed by atoms with Gasteiger partial charge in [0.2, 0.25) is 11.8 Å². The van der Waals surface area contributed by atoms with Crippen molar-refractivity contribution in [2.24, 2.45) is 0 Å². The Hall–Kier alpha value is -3.37. The molecule has 230 valence electrons. The summed E-state index contributed by atoms with van der Waals surface area (Å²) in [4.78, 5) is 29.4. The van der Waals surface area contributed by atoms with Gasteiger partial charge in [-0.2, -0.15) is 0 Å². The van der Waals surface area contributed by atoms with Crippen LogP contribution in [0.5, 0.6) is 0 Å². The van der Waals surface area contributed by atoms with Gasteiger partial charge in [-0.3, -0.25) is 13.9 Å². The summed E-state index contributed by atoms with van der Waals surface area (Å²) >= 11 is 16.2. The molecule has 0 aliphatic heterocycles. The molecule has 4 aromatic carbocycles. The highest BCUT2D eigenvalue weighted by molar-refractivity contribution is 9.10. The molecule has 1 atom stereocenters. The van der Waals surface area contributed by atoms with Gasteiger partial charge in [-0.1, -0.05) is 99.3 Å². The Labute approximate surface area is 277 Å². The number of sulfonamides is 1. The van der Waals surface area contributed by atoms with E-state index in [4.69, 9.17) is 23.2 Å². The summed E-state index contributed by atoms with van der Waals surface area (Å²) in [6.45, 7) is 3.44. The molecule has 0 bridgehead atoms. The number of halogens is 3. The molecule has 1 N–H and O–H groups in total. The molecule has 11 heteroatoms. The minimum atomic E-state index is -4.30. The van der Waals surface area contributed by atoms with Crippen LogP contribution in [0.15, 0.2) is 106 Å². The van der Waals surface area contributed by atoms with E-state index in [0.717, 1.165) is 25.5 Å². The number of carbonyl (C=O) groups is 2. The summed E-state index contributed by atoms with van der Waals surface area (Å²) in [6, 6.07) is 26.5. The normalized spacial score (nSPS) is 11.9. The number of amides is 2. The fourth-order valence-corrected chi connectivity index (χ4v) is 6.79. The number of likely N-dealkylation sites (N-methyl/N-ethyl adjacent to an activating group) is 1. The average molecular weight is 718 g/mol. The predicted molar refractivity (Wildman–Crippen MR) is 179 cm³/mol. The van der Waals surface area contributed by atoms with Crippen LogP contribution in [-0.4, -0.2) is 44.3 Å². The fraction of sp³-hybridized carbons (Fsp3) is 0.212. The van der Waals surface area contributed by atoms with Crippen molar-refractivity contribution in [1.82, 2.24) is 10.2 Å². The molecule has 7 nitrogen and oxygen atoms in total. The molecule has 0 aromatic heterocycles. The monoisotopic (exact) mass is 715 g/mol. The minimum Gasteiger partial charge on any atom is -0.355 e. The van der Waals surface area contributed by atoms with Crippen LogP contribution in [0.25, 0.3) is 0 Å². The number of anilines is 1. The van der Waals surface area contributed by atoms with Gasteiger partial charge >= 0.3 is 0 Å².